The standard InChI is InChI=1S/C12H13ClO.CH3NO2/c13-11-7-3-1-5-9(11)10-6-2-4-8-12(10)14;2-1(3)4/h1,3,5,7,10H,2,4,6,8H2;2H2,(H,3,4). The largest absolute Gasteiger partial charge is 0.465 e. The maximum atomic E-state index is 11.7. The molecule has 1 aromatic carbocycles. The second-order valence-corrected chi connectivity index (χ2v) is 4.53. The molecule has 5 heteroatoms. The van der Waals surface area contributed by atoms with Crippen LogP contribution in [0.15, 0.2) is 24.3 Å². The predicted octanol–water partition coefficient (Wildman–Crippen LogP) is 3.19. The summed E-state index contributed by atoms with van der Waals surface area (Å²) in [6.07, 6.45) is 2.53. The van der Waals surface area contributed by atoms with Crippen molar-refractivity contribution in [2.24, 2.45) is 5.73 Å². The number of ketones is 1. The lowest BCUT2D eigenvalue weighted by Crippen LogP contribution is -2.17. The third kappa shape index (κ3) is 4.37. The van der Waals surface area contributed by atoms with E-state index in [4.69, 9.17) is 21.5 Å². The highest BCUT2D eigenvalue weighted by Gasteiger charge is 2.24. The molecule has 0 radical (unpaired) electrons. The Balaban J connectivity index is 0.000000357. The number of rotatable bonds is 1. The van der Waals surface area contributed by atoms with E-state index < -0.39 is 6.09 Å². The highest BCUT2D eigenvalue weighted by Crippen LogP contribution is 2.33. The highest BCUT2D eigenvalue weighted by atomic mass is 35.5. The van der Waals surface area contributed by atoms with Crippen molar-refractivity contribution in [3.05, 3.63) is 34.9 Å². The molecule has 0 saturated heterocycles. The van der Waals surface area contributed by atoms with E-state index in [2.05, 4.69) is 5.73 Å². The molecule has 1 saturated carbocycles. The first-order chi connectivity index (χ1) is 8.52. The van der Waals surface area contributed by atoms with Crippen molar-refractivity contribution in [3.63, 3.8) is 0 Å². The maximum Gasteiger partial charge on any atom is 0.402 e. The summed E-state index contributed by atoms with van der Waals surface area (Å²) >= 11 is 6.07. The molecule has 0 bridgehead atoms. The summed E-state index contributed by atoms with van der Waals surface area (Å²) in [5.41, 5.74) is 5.04. The summed E-state index contributed by atoms with van der Waals surface area (Å²) in [6, 6.07) is 7.68. The minimum atomic E-state index is -1.33. The average Bonchev–Trinajstić information content (AvgIpc) is 2.30. The molecule has 1 atom stereocenters. The highest BCUT2D eigenvalue weighted by molar-refractivity contribution is 6.31. The molecule has 18 heavy (non-hydrogen) atoms. The van der Waals surface area contributed by atoms with Crippen molar-refractivity contribution in [2.45, 2.75) is 31.6 Å². The van der Waals surface area contributed by atoms with Gasteiger partial charge in [-0.05, 0) is 24.5 Å². The first-order valence-electron chi connectivity index (χ1n) is 5.78. The van der Waals surface area contributed by atoms with Gasteiger partial charge in [0.25, 0.3) is 0 Å². The Hall–Kier alpha value is -1.55. The van der Waals surface area contributed by atoms with Gasteiger partial charge in [-0.2, -0.15) is 0 Å². The molecule has 98 valence electrons. The number of nitrogens with two attached hydrogens (primary N) is 1. The number of carbonyl (C=O) groups excluding carboxylic acids is 1. The quantitative estimate of drug-likeness (QED) is 0.821. The van der Waals surface area contributed by atoms with Crippen LogP contribution in [0.5, 0.6) is 0 Å². The Kier molecular flexibility index (Phi) is 5.65. The maximum absolute atomic E-state index is 11.7. The lowest BCUT2D eigenvalue weighted by Gasteiger charge is -2.21. The molecule has 1 aliphatic carbocycles. The molecule has 1 unspecified atom stereocenters. The number of halogens is 1. The zero-order valence-electron chi connectivity index (χ0n) is 9.93. The van der Waals surface area contributed by atoms with Crippen LogP contribution in [-0.2, 0) is 4.79 Å². The number of hydrogen-bond donors (Lipinski definition) is 2. The first kappa shape index (κ1) is 14.5. The van der Waals surface area contributed by atoms with Crippen molar-refractivity contribution in [1.29, 1.82) is 0 Å². The van der Waals surface area contributed by atoms with E-state index in [1.165, 1.54) is 0 Å². The lowest BCUT2D eigenvalue weighted by atomic mass is 9.83. The molecule has 0 aromatic heterocycles. The number of primary amides is 1. The van der Waals surface area contributed by atoms with Gasteiger partial charge in [-0.15, -0.1) is 0 Å². The fourth-order valence-corrected chi connectivity index (χ4v) is 2.34. The number of carboxylic acid groups (broad SMARTS) is 1. The van der Waals surface area contributed by atoms with Crippen LogP contribution in [0, 0.1) is 0 Å². The van der Waals surface area contributed by atoms with Gasteiger partial charge in [0.1, 0.15) is 5.78 Å². The van der Waals surface area contributed by atoms with Crippen molar-refractivity contribution in [3.8, 4) is 0 Å². The summed E-state index contributed by atoms with van der Waals surface area (Å²) in [5, 5.41) is 7.92. The summed E-state index contributed by atoms with van der Waals surface area (Å²) in [4.78, 5) is 20.5. The van der Waals surface area contributed by atoms with Crippen LogP contribution < -0.4 is 5.73 Å². The van der Waals surface area contributed by atoms with Crippen LogP contribution in [0.25, 0.3) is 0 Å². The zero-order valence-corrected chi connectivity index (χ0v) is 10.7. The van der Waals surface area contributed by atoms with Gasteiger partial charge in [-0.1, -0.05) is 36.2 Å². The van der Waals surface area contributed by atoms with E-state index in [9.17, 15) is 4.79 Å². The molecule has 3 N–H and O–H groups in total. The number of Topliss-reactive ketones (excluding diaryl/α,β-unsaturated/α-hetero) is 1. The van der Waals surface area contributed by atoms with E-state index in [0.717, 1.165) is 36.3 Å². The fourth-order valence-electron chi connectivity index (χ4n) is 2.07. The number of amides is 1. The Morgan fingerprint density at radius 1 is 1.33 bits per heavy atom. The average molecular weight is 270 g/mol. The molecule has 0 heterocycles. The van der Waals surface area contributed by atoms with Crippen LogP contribution in [0.1, 0.15) is 37.2 Å². The van der Waals surface area contributed by atoms with Gasteiger partial charge < -0.3 is 10.8 Å². The number of benzene rings is 1. The Morgan fingerprint density at radius 2 is 1.94 bits per heavy atom. The Labute approximate surface area is 111 Å². The van der Waals surface area contributed by atoms with Crippen molar-refractivity contribution in [1.82, 2.24) is 0 Å². The predicted molar refractivity (Wildman–Crippen MR) is 69.9 cm³/mol. The van der Waals surface area contributed by atoms with Gasteiger partial charge in [-0.25, -0.2) is 4.79 Å². The topological polar surface area (TPSA) is 80.4 Å². The molecule has 0 aliphatic heterocycles. The van der Waals surface area contributed by atoms with E-state index in [0.29, 0.717) is 5.78 Å². The summed E-state index contributed by atoms with van der Waals surface area (Å²) in [7, 11) is 0. The van der Waals surface area contributed by atoms with E-state index >= 15 is 0 Å². The summed E-state index contributed by atoms with van der Waals surface area (Å²) in [5.74, 6) is 0.404. The Bertz CT molecular complexity index is 430. The van der Waals surface area contributed by atoms with Gasteiger partial charge >= 0.3 is 6.09 Å². The van der Waals surface area contributed by atoms with Gasteiger partial charge in [0, 0.05) is 17.4 Å². The van der Waals surface area contributed by atoms with E-state index in [1.807, 2.05) is 24.3 Å². The van der Waals surface area contributed by atoms with Crippen LogP contribution in [-0.4, -0.2) is 17.0 Å². The molecule has 2 rings (SSSR count). The third-order valence-corrected chi connectivity index (χ3v) is 3.18. The summed E-state index contributed by atoms with van der Waals surface area (Å²) < 4.78 is 0. The molecule has 1 aromatic rings. The second-order valence-electron chi connectivity index (χ2n) is 4.12. The molecular formula is C13H16ClNO3. The molecular weight excluding hydrogens is 254 g/mol. The number of carbonyl (C=O) groups is 2. The molecule has 4 nitrogen and oxygen atoms in total. The minimum Gasteiger partial charge on any atom is -0.465 e. The van der Waals surface area contributed by atoms with E-state index in [-0.39, 0.29) is 5.92 Å². The van der Waals surface area contributed by atoms with Crippen molar-refractivity contribution < 1.29 is 14.7 Å². The third-order valence-electron chi connectivity index (χ3n) is 2.84. The summed E-state index contributed by atoms with van der Waals surface area (Å²) in [6.45, 7) is 0. The normalized spacial score (nSPS) is 18.7. The second kappa shape index (κ2) is 7.01. The lowest BCUT2D eigenvalue weighted by molar-refractivity contribution is -0.121. The monoisotopic (exact) mass is 269 g/mol. The van der Waals surface area contributed by atoms with Gasteiger partial charge in [0.05, 0.1) is 0 Å². The van der Waals surface area contributed by atoms with Crippen LogP contribution >= 0.6 is 11.6 Å². The van der Waals surface area contributed by atoms with Gasteiger partial charge in [0.15, 0.2) is 0 Å². The number of hydrogen-bond acceptors (Lipinski definition) is 2. The Morgan fingerprint density at radius 3 is 2.50 bits per heavy atom. The van der Waals surface area contributed by atoms with Gasteiger partial charge in [0.2, 0.25) is 0 Å². The van der Waals surface area contributed by atoms with Crippen LogP contribution in [0.2, 0.25) is 5.02 Å². The molecule has 1 amide bonds. The smallest absolute Gasteiger partial charge is 0.402 e. The minimum absolute atomic E-state index is 0.0532. The van der Waals surface area contributed by atoms with E-state index in [1.54, 1.807) is 0 Å². The van der Waals surface area contributed by atoms with Gasteiger partial charge in [-0.3, -0.25) is 4.79 Å². The zero-order chi connectivity index (χ0) is 13.5. The first-order valence-corrected chi connectivity index (χ1v) is 6.15. The fraction of sp³-hybridized carbons (Fsp3) is 0.385. The SMILES string of the molecule is NC(=O)O.O=C1CCCCC1c1ccccc1Cl. The van der Waals surface area contributed by atoms with Crippen LogP contribution in [0.3, 0.4) is 0 Å². The van der Waals surface area contributed by atoms with Crippen molar-refractivity contribution >= 4 is 23.5 Å². The van der Waals surface area contributed by atoms with Crippen molar-refractivity contribution in [2.75, 3.05) is 0 Å². The molecule has 0 spiro atoms. The molecule has 1 fully saturated rings. The molecule has 1 aliphatic rings. The van der Waals surface area contributed by atoms with Crippen LogP contribution in [0.4, 0.5) is 4.79 Å².